The summed E-state index contributed by atoms with van der Waals surface area (Å²) in [4.78, 5) is 0. The van der Waals surface area contributed by atoms with Crippen LogP contribution in [-0.4, -0.2) is 24.2 Å². The van der Waals surface area contributed by atoms with Crippen LogP contribution in [0.1, 0.15) is 5.56 Å². The van der Waals surface area contributed by atoms with Gasteiger partial charge in [0.25, 0.3) is 0 Å². The van der Waals surface area contributed by atoms with E-state index in [0.29, 0.717) is 15.6 Å². The molecule has 1 aromatic carbocycles. The molecule has 0 fully saturated rings. The first kappa shape index (κ1) is 15.5. The topological polar surface area (TPSA) is 65.5 Å². The molecule has 16 heavy (non-hydrogen) atoms. The van der Waals surface area contributed by atoms with Gasteiger partial charge in [0.15, 0.2) is 0 Å². The lowest BCUT2D eigenvalue weighted by Crippen LogP contribution is -2.28. The van der Waals surface area contributed by atoms with Gasteiger partial charge in [0, 0.05) is 12.6 Å². The van der Waals surface area contributed by atoms with Crippen molar-refractivity contribution >= 4 is 59.4 Å². The van der Waals surface area contributed by atoms with E-state index in [1.165, 1.54) is 11.2 Å². The van der Waals surface area contributed by atoms with E-state index in [1.807, 2.05) is 0 Å². The molecule has 4 nitrogen and oxygen atoms in total. The first-order valence-electron chi connectivity index (χ1n) is 4.08. The number of hydrogen-bond acceptors (Lipinski definition) is 2. The van der Waals surface area contributed by atoms with Gasteiger partial charge >= 0.3 is 0 Å². The van der Waals surface area contributed by atoms with Crippen molar-refractivity contribution in [2.75, 3.05) is 7.05 Å². The Morgan fingerprint density at radius 2 is 1.94 bits per heavy atom. The first-order valence-corrected chi connectivity index (χ1v) is 4.83. The summed E-state index contributed by atoms with van der Waals surface area (Å²) in [5, 5.41) is 13.2. The number of hydrazone groups is 1. The number of nitrogens with two attached hydrogens (primary N) is 1. The third-order valence-electron chi connectivity index (χ3n) is 1.71. The van der Waals surface area contributed by atoms with Crippen LogP contribution in [0, 0.1) is 5.41 Å². The molecular formula is C9H11Cl2IN4. The van der Waals surface area contributed by atoms with Crippen LogP contribution in [0.25, 0.3) is 0 Å². The van der Waals surface area contributed by atoms with Gasteiger partial charge in [-0.1, -0.05) is 29.3 Å². The van der Waals surface area contributed by atoms with Gasteiger partial charge in [-0.25, -0.2) is 5.01 Å². The second-order valence-corrected chi connectivity index (χ2v) is 3.60. The Morgan fingerprint density at radius 3 is 2.38 bits per heavy atom. The van der Waals surface area contributed by atoms with Gasteiger partial charge in [-0.2, -0.15) is 5.10 Å². The molecule has 0 spiro atoms. The number of nitrogens with zero attached hydrogens (tertiary/aromatic N) is 2. The van der Waals surface area contributed by atoms with Crippen LogP contribution in [0.3, 0.4) is 0 Å². The van der Waals surface area contributed by atoms with Crippen LogP contribution in [-0.2, 0) is 0 Å². The Kier molecular flexibility index (Phi) is 6.70. The van der Waals surface area contributed by atoms with E-state index in [2.05, 4.69) is 5.10 Å². The molecule has 1 rings (SSSR count). The zero-order chi connectivity index (χ0) is 11.4. The van der Waals surface area contributed by atoms with Crippen molar-refractivity contribution in [3.63, 3.8) is 0 Å². The number of guanidine groups is 1. The quantitative estimate of drug-likeness (QED) is 0.363. The Morgan fingerprint density at radius 1 is 1.44 bits per heavy atom. The highest BCUT2D eigenvalue weighted by Gasteiger charge is 2.02. The highest BCUT2D eigenvalue weighted by atomic mass is 127. The fourth-order valence-electron chi connectivity index (χ4n) is 0.841. The van der Waals surface area contributed by atoms with E-state index in [0.717, 1.165) is 0 Å². The number of halogens is 3. The predicted octanol–water partition coefficient (Wildman–Crippen LogP) is 2.77. The second kappa shape index (κ2) is 6.93. The number of hydrogen-bond donors (Lipinski definition) is 2. The van der Waals surface area contributed by atoms with Crippen LogP contribution >= 0.6 is 47.2 Å². The molecule has 0 bridgehead atoms. The van der Waals surface area contributed by atoms with Crippen LogP contribution in [0.15, 0.2) is 23.3 Å². The lowest BCUT2D eigenvalue weighted by molar-refractivity contribution is 0.536. The third-order valence-corrected chi connectivity index (χ3v) is 2.37. The Hall–Kier alpha value is -0.530. The summed E-state index contributed by atoms with van der Waals surface area (Å²) < 4.78 is 0. The highest BCUT2D eigenvalue weighted by Crippen LogP contribution is 2.22. The zero-order valence-electron chi connectivity index (χ0n) is 8.45. The Bertz CT molecular complexity index is 388. The van der Waals surface area contributed by atoms with Crippen molar-refractivity contribution < 1.29 is 0 Å². The SMILES string of the molecule is CN(N=Cc1c(Cl)cccc1Cl)C(=N)N.I. The lowest BCUT2D eigenvalue weighted by Gasteiger charge is -2.09. The zero-order valence-corrected chi connectivity index (χ0v) is 12.3. The van der Waals surface area contributed by atoms with Crippen molar-refractivity contribution in [2.24, 2.45) is 10.8 Å². The minimum Gasteiger partial charge on any atom is -0.369 e. The predicted molar refractivity (Wildman–Crippen MR) is 79.1 cm³/mol. The standard InChI is InChI=1S/C9H10Cl2N4.HI/c1-15(9(12)13)14-5-6-7(10)3-2-4-8(6)11;/h2-5H,1H3,(H3,12,13);1H. The van der Waals surface area contributed by atoms with Crippen LogP contribution in [0.2, 0.25) is 10.0 Å². The fourth-order valence-corrected chi connectivity index (χ4v) is 1.34. The fraction of sp³-hybridized carbons (Fsp3) is 0.111. The highest BCUT2D eigenvalue weighted by molar-refractivity contribution is 14.0. The average Bonchev–Trinajstić information content (AvgIpc) is 2.16. The number of rotatable bonds is 2. The summed E-state index contributed by atoms with van der Waals surface area (Å²) in [6.45, 7) is 0. The minimum absolute atomic E-state index is 0. The molecule has 0 aliphatic carbocycles. The van der Waals surface area contributed by atoms with E-state index in [1.54, 1.807) is 25.2 Å². The molecule has 0 aliphatic heterocycles. The second-order valence-electron chi connectivity index (χ2n) is 2.79. The number of nitrogens with one attached hydrogen (secondary N) is 1. The molecule has 3 N–H and O–H groups in total. The summed E-state index contributed by atoms with van der Waals surface area (Å²) in [6.07, 6.45) is 1.46. The Labute approximate surface area is 121 Å². The molecule has 0 atom stereocenters. The Balaban J connectivity index is 0.00000225. The van der Waals surface area contributed by atoms with Crippen LogP contribution in [0.5, 0.6) is 0 Å². The summed E-state index contributed by atoms with van der Waals surface area (Å²) in [5.41, 5.74) is 5.81. The normalized spacial score (nSPS) is 9.94. The van der Waals surface area contributed by atoms with Crippen LogP contribution in [0.4, 0.5) is 0 Å². The molecule has 0 unspecified atom stereocenters. The lowest BCUT2D eigenvalue weighted by atomic mass is 10.2. The molecule has 0 heterocycles. The van der Waals surface area contributed by atoms with Gasteiger partial charge in [-0.15, -0.1) is 24.0 Å². The van der Waals surface area contributed by atoms with Crippen molar-refractivity contribution in [3.8, 4) is 0 Å². The first-order chi connectivity index (χ1) is 7.02. The maximum Gasteiger partial charge on any atom is 0.208 e. The van der Waals surface area contributed by atoms with Crippen LogP contribution < -0.4 is 5.73 Å². The molecule has 0 saturated heterocycles. The maximum atomic E-state index is 7.10. The van der Waals surface area contributed by atoms with E-state index in [9.17, 15) is 0 Å². The van der Waals surface area contributed by atoms with Gasteiger partial charge in [0.1, 0.15) is 0 Å². The van der Waals surface area contributed by atoms with E-state index in [-0.39, 0.29) is 29.9 Å². The largest absolute Gasteiger partial charge is 0.369 e. The van der Waals surface area contributed by atoms with Gasteiger partial charge in [-0.05, 0) is 12.1 Å². The summed E-state index contributed by atoms with van der Waals surface area (Å²) in [6, 6.07) is 5.17. The van der Waals surface area contributed by atoms with Crippen molar-refractivity contribution in [2.45, 2.75) is 0 Å². The van der Waals surface area contributed by atoms with Gasteiger partial charge < -0.3 is 5.73 Å². The average molecular weight is 373 g/mol. The van der Waals surface area contributed by atoms with Gasteiger partial charge in [0.05, 0.1) is 16.3 Å². The summed E-state index contributed by atoms with van der Waals surface area (Å²) in [5.74, 6) is -0.158. The third kappa shape index (κ3) is 4.15. The maximum absolute atomic E-state index is 7.10. The monoisotopic (exact) mass is 372 g/mol. The van der Waals surface area contributed by atoms with Crippen molar-refractivity contribution in [1.29, 1.82) is 5.41 Å². The molecule has 0 amide bonds. The molecule has 0 aromatic heterocycles. The minimum atomic E-state index is -0.158. The molecule has 7 heteroatoms. The van der Waals surface area contributed by atoms with Gasteiger partial charge in [-0.3, -0.25) is 5.41 Å². The number of benzene rings is 1. The molecule has 0 saturated carbocycles. The van der Waals surface area contributed by atoms with E-state index >= 15 is 0 Å². The smallest absolute Gasteiger partial charge is 0.208 e. The molecule has 0 radical (unpaired) electrons. The van der Waals surface area contributed by atoms with Crippen molar-refractivity contribution in [3.05, 3.63) is 33.8 Å². The molecule has 1 aromatic rings. The molecule has 88 valence electrons. The van der Waals surface area contributed by atoms with E-state index < -0.39 is 0 Å². The molecular weight excluding hydrogens is 362 g/mol. The summed E-state index contributed by atoms with van der Waals surface area (Å²) in [7, 11) is 1.56. The van der Waals surface area contributed by atoms with Crippen molar-refractivity contribution in [1.82, 2.24) is 5.01 Å². The summed E-state index contributed by atoms with van der Waals surface area (Å²) >= 11 is 11.8. The molecule has 0 aliphatic rings. The van der Waals surface area contributed by atoms with Gasteiger partial charge in [0.2, 0.25) is 5.96 Å². The van der Waals surface area contributed by atoms with E-state index in [4.69, 9.17) is 34.3 Å².